The summed E-state index contributed by atoms with van der Waals surface area (Å²) < 4.78 is 22.6. The smallest absolute Gasteiger partial charge is 0.256 e. The van der Waals surface area contributed by atoms with Gasteiger partial charge < -0.3 is 18.6 Å². The van der Waals surface area contributed by atoms with E-state index in [4.69, 9.17) is 18.6 Å². The number of benzene rings is 1. The Kier molecular flexibility index (Phi) is 5.12. The molecule has 0 spiro atoms. The lowest BCUT2D eigenvalue weighted by atomic mass is 10.1. The highest BCUT2D eigenvalue weighted by Gasteiger charge is 2.24. The van der Waals surface area contributed by atoms with E-state index >= 15 is 0 Å². The molecule has 2 heterocycles. The Hall–Kier alpha value is -2.08. The highest BCUT2D eigenvalue weighted by molar-refractivity contribution is 5.31. The van der Waals surface area contributed by atoms with E-state index < -0.39 is 0 Å². The lowest BCUT2D eigenvalue weighted by molar-refractivity contribution is -0.00312. The molecule has 1 saturated heterocycles. The molecule has 0 N–H and O–H groups in total. The maximum absolute atomic E-state index is 5.84. The van der Waals surface area contributed by atoms with Gasteiger partial charge in [0.25, 0.3) is 5.89 Å². The Morgan fingerprint density at radius 1 is 1.17 bits per heavy atom. The molecule has 0 saturated carbocycles. The molecule has 2 aromatic rings. The maximum atomic E-state index is 5.84. The van der Waals surface area contributed by atoms with Gasteiger partial charge in [-0.1, -0.05) is 0 Å². The van der Waals surface area contributed by atoms with Gasteiger partial charge in [0.05, 0.1) is 6.61 Å². The number of hydrogen-bond acceptors (Lipinski definition) is 6. The SMILES string of the molecule is CCOc1ccc(O[C@@H](C)c2nnc([C@@H]3CCCCO3)o2)cc1. The Bertz CT molecular complexity index is 605. The van der Waals surface area contributed by atoms with Gasteiger partial charge in [-0.25, -0.2) is 0 Å². The number of hydrogen-bond donors (Lipinski definition) is 0. The van der Waals surface area contributed by atoms with E-state index in [0.29, 0.717) is 18.4 Å². The number of ether oxygens (including phenoxy) is 3. The second kappa shape index (κ2) is 7.46. The first-order valence-corrected chi connectivity index (χ1v) is 8.10. The minimum atomic E-state index is -0.321. The Morgan fingerprint density at radius 3 is 2.65 bits per heavy atom. The molecule has 0 unspecified atom stereocenters. The van der Waals surface area contributed by atoms with Crippen molar-refractivity contribution < 1.29 is 18.6 Å². The number of rotatable bonds is 6. The predicted octanol–water partition coefficient (Wildman–Crippen LogP) is 3.85. The molecule has 2 atom stereocenters. The Morgan fingerprint density at radius 2 is 1.96 bits per heavy atom. The van der Waals surface area contributed by atoms with Crippen LogP contribution >= 0.6 is 0 Å². The summed E-state index contributed by atoms with van der Waals surface area (Å²) in [6.45, 7) is 5.23. The Labute approximate surface area is 135 Å². The Balaban J connectivity index is 1.61. The molecule has 1 aromatic heterocycles. The fourth-order valence-electron chi connectivity index (χ4n) is 2.51. The molecule has 0 bridgehead atoms. The van der Waals surface area contributed by atoms with Gasteiger partial charge in [0, 0.05) is 6.61 Å². The van der Waals surface area contributed by atoms with E-state index in [1.54, 1.807) is 0 Å². The van der Waals surface area contributed by atoms with Crippen LogP contribution in [0.4, 0.5) is 0 Å². The molecule has 6 heteroatoms. The predicted molar refractivity (Wildman–Crippen MR) is 83.5 cm³/mol. The van der Waals surface area contributed by atoms with Crippen LogP contribution in [0.3, 0.4) is 0 Å². The van der Waals surface area contributed by atoms with Crippen LogP contribution in [0, 0.1) is 0 Å². The largest absolute Gasteiger partial charge is 0.494 e. The lowest BCUT2D eigenvalue weighted by Crippen LogP contribution is -2.11. The fraction of sp³-hybridized carbons (Fsp3) is 0.529. The van der Waals surface area contributed by atoms with E-state index in [0.717, 1.165) is 37.4 Å². The highest BCUT2D eigenvalue weighted by Crippen LogP contribution is 2.29. The normalized spacial score (nSPS) is 19.3. The summed E-state index contributed by atoms with van der Waals surface area (Å²) in [6.07, 6.45) is 2.74. The zero-order valence-electron chi connectivity index (χ0n) is 13.5. The number of nitrogens with zero attached hydrogens (tertiary/aromatic N) is 2. The average molecular weight is 318 g/mol. The average Bonchev–Trinajstić information content (AvgIpc) is 3.08. The van der Waals surface area contributed by atoms with Crippen LogP contribution in [-0.4, -0.2) is 23.4 Å². The molecule has 1 aliphatic heterocycles. The van der Waals surface area contributed by atoms with Gasteiger partial charge >= 0.3 is 0 Å². The van der Waals surface area contributed by atoms with E-state index in [2.05, 4.69) is 10.2 Å². The van der Waals surface area contributed by atoms with Crippen molar-refractivity contribution >= 4 is 0 Å². The minimum Gasteiger partial charge on any atom is -0.494 e. The lowest BCUT2D eigenvalue weighted by Gasteiger charge is -2.19. The van der Waals surface area contributed by atoms with Gasteiger partial charge in [-0.2, -0.15) is 0 Å². The summed E-state index contributed by atoms with van der Waals surface area (Å²) in [6, 6.07) is 7.48. The summed E-state index contributed by atoms with van der Waals surface area (Å²) in [5.74, 6) is 2.56. The maximum Gasteiger partial charge on any atom is 0.256 e. The van der Waals surface area contributed by atoms with Crippen molar-refractivity contribution in [1.29, 1.82) is 0 Å². The summed E-state index contributed by atoms with van der Waals surface area (Å²) in [5, 5.41) is 8.19. The summed E-state index contributed by atoms with van der Waals surface area (Å²) in [5.41, 5.74) is 0. The summed E-state index contributed by atoms with van der Waals surface area (Å²) >= 11 is 0. The molecule has 1 aliphatic rings. The van der Waals surface area contributed by atoms with Crippen molar-refractivity contribution in [1.82, 2.24) is 10.2 Å². The van der Waals surface area contributed by atoms with Crippen LogP contribution in [0.1, 0.15) is 57.1 Å². The third kappa shape index (κ3) is 4.01. The molecular weight excluding hydrogens is 296 g/mol. The second-order valence-electron chi connectivity index (χ2n) is 5.50. The third-order valence-electron chi connectivity index (χ3n) is 3.71. The van der Waals surface area contributed by atoms with Gasteiger partial charge in [-0.15, -0.1) is 10.2 Å². The molecule has 3 rings (SSSR count). The van der Waals surface area contributed by atoms with Crippen LogP contribution in [-0.2, 0) is 4.74 Å². The van der Waals surface area contributed by atoms with E-state index in [1.807, 2.05) is 38.1 Å². The molecule has 0 amide bonds. The van der Waals surface area contributed by atoms with Crippen molar-refractivity contribution in [3.8, 4) is 11.5 Å². The molecule has 0 radical (unpaired) electrons. The molecule has 1 fully saturated rings. The fourth-order valence-corrected chi connectivity index (χ4v) is 2.51. The first-order chi connectivity index (χ1) is 11.3. The van der Waals surface area contributed by atoms with E-state index in [1.165, 1.54) is 0 Å². The quantitative estimate of drug-likeness (QED) is 0.806. The first-order valence-electron chi connectivity index (χ1n) is 8.10. The molecule has 124 valence electrons. The molecule has 6 nitrogen and oxygen atoms in total. The van der Waals surface area contributed by atoms with Gasteiger partial charge in [0.1, 0.15) is 17.6 Å². The second-order valence-corrected chi connectivity index (χ2v) is 5.50. The third-order valence-corrected chi connectivity index (χ3v) is 3.71. The van der Waals surface area contributed by atoms with Crippen molar-refractivity contribution in [2.75, 3.05) is 13.2 Å². The van der Waals surface area contributed by atoms with Gasteiger partial charge in [-0.05, 0) is 57.4 Å². The molecule has 1 aromatic carbocycles. The monoisotopic (exact) mass is 318 g/mol. The van der Waals surface area contributed by atoms with Crippen LogP contribution in [0.2, 0.25) is 0 Å². The van der Waals surface area contributed by atoms with Crippen LogP contribution in [0.5, 0.6) is 11.5 Å². The molecule has 23 heavy (non-hydrogen) atoms. The zero-order valence-corrected chi connectivity index (χ0v) is 13.5. The zero-order chi connectivity index (χ0) is 16.1. The summed E-state index contributed by atoms with van der Waals surface area (Å²) in [4.78, 5) is 0. The van der Waals surface area contributed by atoms with Crippen molar-refractivity contribution in [3.63, 3.8) is 0 Å². The molecular formula is C17H22N2O4. The van der Waals surface area contributed by atoms with E-state index in [-0.39, 0.29) is 12.2 Å². The van der Waals surface area contributed by atoms with Crippen molar-refractivity contribution in [2.45, 2.75) is 45.3 Å². The van der Waals surface area contributed by atoms with Crippen LogP contribution in [0.15, 0.2) is 28.7 Å². The van der Waals surface area contributed by atoms with Gasteiger partial charge in [-0.3, -0.25) is 0 Å². The number of aromatic nitrogens is 2. The first kappa shape index (κ1) is 15.8. The van der Waals surface area contributed by atoms with Crippen LogP contribution in [0.25, 0.3) is 0 Å². The van der Waals surface area contributed by atoms with Gasteiger partial charge in [0.15, 0.2) is 6.10 Å². The standard InChI is InChI=1S/C17H22N2O4/c1-3-20-13-7-9-14(10-8-13)22-12(2)16-18-19-17(23-16)15-6-4-5-11-21-15/h7-10,12,15H,3-6,11H2,1-2H3/t12-,15-/m0/s1. The topological polar surface area (TPSA) is 66.6 Å². The van der Waals surface area contributed by atoms with Crippen LogP contribution < -0.4 is 9.47 Å². The minimum absolute atomic E-state index is 0.0809. The summed E-state index contributed by atoms with van der Waals surface area (Å²) in [7, 11) is 0. The molecule has 0 aliphatic carbocycles. The van der Waals surface area contributed by atoms with Crippen molar-refractivity contribution in [3.05, 3.63) is 36.0 Å². The van der Waals surface area contributed by atoms with E-state index in [9.17, 15) is 0 Å². The highest BCUT2D eigenvalue weighted by atomic mass is 16.5. The van der Waals surface area contributed by atoms with Gasteiger partial charge in [0.2, 0.25) is 5.89 Å². The van der Waals surface area contributed by atoms with Crippen molar-refractivity contribution in [2.24, 2.45) is 0 Å².